The number of pyridine rings is 1. The number of ether oxygens (including phenoxy) is 1. The predicted molar refractivity (Wildman–Crippen MR) is 186 cm³/mol. The molecular weight excluding hydrogens is 590 g/mol. The number of carbonyl (C=O) groups is 1. The van der Waals surface area contributed by atoms with Crippen molar-refractivity contribution in [2.24, 2.45) is 11.1 Å². The van der Waals surface area contributed by atoms with Gasteiger partial charge in [0.15, 0.2) is 17.3 Å². The smallest absolute Gasteiger partial charge is 0.271 e. The zero-order valence-electron chi connectivity index (χ0n) is 28.1. The average Bonchev–Trinajstić information content (AvgIpc) is 3.05. The standard InChI is InChI=1S/C36H49N9O2/c1-24-20-27(4-5-30(24)45-12-7-29(8-13-45)44-16-14-43(3)15-17-44)39-35-32(33(37)46)41-31(26-6-11-38-25(2)21-26)34(42-35)40-28-22-36(23-28)9-18-47-19-10-36/h4-6,11,20-21,28-29H,7-10,12-19,22-23H2,1-3H3,(H2,37,46)(H2,39,40,42). The second-order valence-electron chi connectivity index (χ2n) is 14.2. The lowest BCUT2D eigenvalue weighted by molar-refractivity contribution is -0.0342. The molecule has 1 spiro atoms. The number of amides is 1. The molecule has 1 amide bonds. The number of piperidine rings is 1. The van der Waals surface area contributed by atoms with Gasteiger partial charge < -0.3 is 30.9 Å². The molecule has 1 saturated carbocycles. The maximum atomic E-state index is 12.8. The Bertz CT molecular complexity index is 1580. The number of piperazine rings is 1. The summed E-state index contributed by atoms with van der Waals surface area (Å²) in [5, 5.41) is 7.08. The molecule has 0 bridgehead atoms. The highest BCUT2D eigenvalue weighted by Crippen LogP contribution is 2.50. The Balaban J connectivity index is 1.10. The summed E-state index contributed by atoms with van der Waals surface area (Å²) in [5.41, 5.74) is 12.0. The summed E-state index contributed by atoms with van der Waals surface area (Å²) < 4.78 is 5.62. The lowest BCUT2D eigenvalue weighted by Crippen LogP contribution is -2.52. The van der Waals surface area contributed by atoms with E-state index in [1.807, 2.05) is 19.1 Å². The highest BCUT2D eigenvalue weighted by Gasteiger charge is 2.45. The van der Waals surface area contributed by atoms with Crippen LogP contribution in [0, 0.1) is 19.3 Å². The van der Waals surface area contributed by atoms with Crippen molar-refractivity contribution in [3.63, 3.8) is 0 Å². The Kier molecular flexibility index (Phi) is 9.04. The molecular formula is C36H49N9O2. The van der Waals surface area contributed by atoms with Gasteiger partial charge in [0, 0.05) is 93.4 Å². The van der Waals surface area contributed by atoms with Gasteiger partial charge in [0.2, 0.25) is 0 Å². The van der Waals surface area contributed by atoms with Gasteiger partial charge in [0.05, 0.1) is 0 Å². The van der Waals surface area contributed by atoms with Gasteiger partial charge in [-0.2, -0.15) is 0 Å². The number of likely N-dealkylation sites (N-methyl/N-ethyl adjacent to an activating group) is 1. The first-order chi connectivity index (χ1) is 22.7. The van der Waals surface area contributed by atoms with E-state index in [-0.39, 0.29) is 11.7 Å². The van der Waals surface area contributed by atoms with Crippen LogP contribution < -0.4 is 21.3 Å². The Morgan fingerprint density at radius 2 is 1.70 bits per heavy atom. The molecule has 4 aliphatic rings. The van der Waals surface area contributed by atoms with Gasteiger partial charge in [0.25, 0.3) is 5.91 Å². The molecule has 0 radical (unpaired) electrons. The molecule has 2 aromatic heterocycles. The third kappa shape index (κ3) is 6.93. The van der Waals surface area contributed by atoms with Crippen molar-refractivity contribution < 1.29 is 9.53 Å². The molecule has 3 saturated heterocycles. The lowest BCUT2D eigenvalue weighted by atomic mass is 9.61. The number of aryl methyl sites for hydroxylation is 2. The fourth-order valence-electron chi connectivity index (χ4n) is 8.07. The van der Waals surface area contributed by atoms with E-state index in [0.717, 1.165) is 82.0 Å². The van der Waals surface area contributed by atoms with Crippen LogP contribution in [-0.2, 0) is 4.74 Å². The van der Waals surface area contributed by atoms with Crippen LogP contribution in [0.4, 0.5) is 23.0 Å². The summed E-state index contributed by atoms with van der Waals surface area (Å²) in [6.45, 7) is 12.6. The highest BCUT2D eigenvalue weighted by atomic mass is 16.5. The minimum atomic E-state index is -0.625. The number of aromatic nitrogens is 3. The highest BCUT2D eigenvalue weighted by molar-refractivity contribution is 5.97. The van der Waals surface area contributed by atoms with Crippen molar-refractivity contribution in [1.82, 2.24) is 24.8 Å². The fourth-order valence-corrected chi connectivity index (χ4v) is 8.07. The number of hydrogen-bond donors (Lipinski definition) is 3. The lowest BCUT2D eigenvalue weighted by Gasteiger charge is -2.50. The SMILES string of the molecule is Cc1cc(-c2nc(C(N)=O)c(Nc3ccc(N4CCC(N5CCN(C)CC5)CC4)c(C)c3)nc2NC2CC3(CCOCC3)C2)ccn1. The molecule has 0 unspecified atom stereocenters. The number of rotatable bonds is 8. The normalized spacial score (nSPS) is 21.0. The molecule has 3 aliphatic heterocycles. The second kappa shape index (κ2) is 13.4. The van der Waals surface area contributed by atoms with Crippen molar-refractivity contribution in [2.75, 3.05) is 75.1 Å². The van der Waals surface area contributed by atoms with Crippen LogP contribution in [0.3, 0.4) is 0 Å². The van der Waals surface area contributed by atoms with E-state index >= 15 is 0 Å². The third-order valence-electron chi connectivity index (χ3n) is 10.9. The van der Waals surface area contributed by atoms with Crippen LogP contribution in [-0.4, -0.2) is 102 Å². The van der Waals surface area contributed by atoms with E-state index in [0.29, 0.717) is 28.8 Å². The van der Waals surface area contributed by atoms with Crippen LogP contribution in [0.25, 0.3) is 11.3 Å². The number of anilines is 4. The van der Waals surface area contributed by atoms with Crippen LogP contribution in [0.15, 0.2) is 36.5 Å². The minimum absolute atomic E-state index is 0.113. The molecule has 11 heteroatoms. The van der Waals surface area contributed by atoms with Gasteiger partial charge >= 0.3 is 0 Å². The summed E-state index contributed by atoms with van der Waals surface area (Å²) >= 11 is 0. The van der Waals surface area contributed by atoms with Crippen molar-refractivity contribution in [2.45, 2.75) is 64.5 Å². The van der Waals surface area contributed by atoms with Crippen molar-refractivity contribution in [1.29, 1.82) is 0 Å². The largest absolute Gasteiger partial charge is 0.381 e. The molecule has 11 nitrogen and oxygen atoms in total. The maximum Gasteiger partial charge on any atom is 0.271 e. The van der Waals surface area contributed by atoms with Gasteiger partial charge in [-0.15, -0.1) is 0 Å². The van der Waals surface area contributed by atoms with E-state index in [1.165, 1.54) is 37.2 Å². The molecule has 3 aromatic rings. The van der Waals surface area contributed by atoms with Gasteiger partial charge in [0.1, 0.15) is 5.69 Å². The summed E-state index contributed by atoms with van der Waals surface area (Å²) in [7, 11) is 2.22. The van der Waals surface area contributed by atoms with Crippen molar-refractivity contribution >= 4 is 28.9 Å². The number of nitrogens with two attached hydrogens (primary N) is 1. The molecule has 7 rings (SSSR count). The van der Waals surface area contributed by atoms with Crippen LogP contribution in [0.5, 0.6) is 0 Å². The van der Waals surface area contributed by atoms with Gasteiger partial charge in [-0.25, -0.2) is 9.97 Å². The van der Waals surface area contributed by atoms with Crippen LogP contribution in [0.1, 0.15) is 60.3 Å². The van der Waals surface area contributed by atoms with Gasteiger partial charge in [-0.05, 0) is 101 Å². The minimum Gasteiger partial charge on any atom is -0.381 e. The first-order valence-corrected chi connectivity index (χ1v) is 17.3. The van der Waals surface area contributed by atoms with Gasteiger partial charge in [-0.1, -0.05) is 0 Å². The summed E-state index contributed by atoms with van der Waals surface area (Å²) in [6.07, 6.45) is 8.48. The first-order valence-electron chi connectivity index (χ1n) is 17.3. The molecule has 47 heavy (non-hydrogen) atoms. The molecule has 1 aromatic carbocycles. The number of nitrogens with one attached hydrogen (secondary N) is 2. The van der Waals surface area contributed by atoms with Crippen LogP contribution >= 0.6 is 0 Å². The molecule has 250 valence electrons. The number of hydrogen-bond acceptors (Lipinski definition) is 10. The number of benzene rings is 1. The summed E-state index contributed by atoms with van der Waals surface area (Å²) in [4.78, 5) is 34.6. The monoisotopic (exact) mass is 639 g/mol. The fraction of sp³-hybridized carbons (Fsp3) is 0.556. The zero-order valence-corrected chi connectivity index (χ0v) is 28.1. The van der Waals surface area contributed by atoms with Crippen molar-refractivity contribution in [3.05, 3.63) is 53.5 Å². The Hall–Kier alpha value is -3.80. The number of primary amides is 1. The Morgan fingerprint density at radius 1 is 0.957 bits per heavy atom. The van der Waals surface area contributed by atoms with Gasteiger partial charge in [-0.3, -0.25) is 14.7 Å². The average molecular weight is 640 g/mol. The van der Waals surface area contributed by atoms with E-state index in [9.17, 15) is 4.79 Å². The molecule has 4 fully saturated rings. The molecule has 5 heterocycles. The number of carbonyl (C=O) groups excluding carboxylic acids is 1. The van der Waals surface area contributed by atoms with E-state index in [1.54, 1.807) is 6.20 Å². The topological polar surface area (TPSA) is 125 Å². The van der Waals surface area contributed by atoms with Crippen molar-refractivity contribution in [3.8, 4) is 11.3 Å². The summed E-state index contributed by atoms with van der Waals surface area (Å²) in [5.74, 6) is 0.376. The van der Waals surface area contributed by atoms with E-state index in [2.05, 4.69) is 62.5 Å². The second-order valence-corrected chi connectivity index (χ2v) is 14.2. The first kappa shape index (κ1) is 31.8. The van der Waals surface area contributed by atoms with Crippen LogP contribution in [0.2, 0.25) is 0 Å². The molecule has 1 aliphatic carbocycles. The zero-order chi connectivity index (χ0) is 32.5. The Morgan fingerprint density at radius 3 is 2.38 bits per heavy atom. The van der Waals surface area contributed by atoms with E-state index < -0.39 is 5.91 Å². The third-order valence-corrected chi connectivity index (χ3v) is 10.9. The predicted octanol–water partition coefficient (Wildman–Crippen LogP) is 4.59. The molecule has 0 atom stereocenters. The molecule has 4 N–H and O–H groups in total. The number of nitrogens with zero attached hydrogens (tertiary/aromatic N) is 6. The maximum absolute atomic E-state index is 12.8. The Labute approximate surface area is 278 Å². The quantitative estimate of drug-likeness (QED) is 0.323. The summed E-state index contributed by atoms with van der Waals surface area (Å²) in [6, 6.07) is 11.2. The van der Waals surface area contributed by atoms with E-state index in [4.69, 9.17) is 20.4 Å².